The maximum absolute atomic E-state index is 13.4. The molecule has 0 radical (unpaired) electrons. The van der Waals surface area contributed by atoms with E-state index < -0.39 is 15.9 Å². The van der Waals surface area contributed by atoms with Crippen molar-refractivity contribution in [2.24, 2.45) is 10.7 Å². The largest absolute Gasteiger partial charge is 0.487 e. The summed E-state index contributed by atoms with van der Waals surface area (Å²) in [6.45, 7) is 0.627. The van der Waals surface area contributed by atoms with E-state index in [0.29, 0.717) is 28.7 Å². The number of hydrogen-bond acceptors (Lipinski definition) is 8. The van der Waals surface area contributed by atoms with Crippen LogP contribution in [0.3, 0.4) is 0 Å². The highest BCUT2D eigenvalue weighted by molar-refractivity contribution is 7.90. The number of halogens is 2. The van der Waals surface area contributed by atoms with Gasteiger partial charge < -0.3 is 15.4 Å². The Hall–Kier alpha value is -3.31. The van der Waals surface area contributed by atoms with Gasteiger partial charge in [-0.3, -0.25) is 4.99 Å². The molecule has 7 nitrogen and oxygen atoms in total. The fourth-order valence-electron chi connectivity index (χ4n) is 4.12. The molecule has 11 heteroatoms. The van der Waals surface area contributed by atoms with Gasteiger partial charge in [-0.1, -0.05) is 23.7 Å². The number of aliphatic imine (C=N–C) groups is 1. The highest BCUT2D eigenvalue weighted by atomic mass is 35.5. The topological polar surface area (TPSA) is 97.9 Å². The quantitative estimate of drug-likeness (QED) is 0.289. The second-order valence-electron chi connectivity index (χ2n) is 8.96. The summed E-state index contributed by atoms with van der Waals surface area (Å²) in [5, 5.41) is 2.98. The Kier molecular flexibility index (Phi) is 7.49. The van der Waals surface area contributed by atoms with Gasteiger partial charge in [0.2, 0.25) is 0 Å². The third kappa shape index (κ3) is 6.05. The van der Waals surface area contributed by atoms with E-state index in [0.717, 1.165) is 33.8 Å². The van der Waals surface area contributed by atoms with Crippen LogP contribution in [0.25, 0.3) is 10.6 Å². The van der Waals surface area contributed by atoms with Gasteiger partial charge in [0.05, 0.1) is 28.2 Å². The van der Waals surface area contributed by atoms with Crippen LogP contribution in [0.4, 0.5) is 15.8 Å². The molecule has 0 spiro atoms. The lowest BCUT2D eigenvalue weighted by Gasteiger charge is -2.28. The van der Waals surface area contributed by atoms with Crippen LogP contribution in [0, 0.1) is 5.82 Å². The molecule has 0 fully saturated rings. The van der Waals surface area contributed by atoms with Gasteiger partial charge in [-0.2, -0.15) is 0 Å². The molecule has 0 amide bonds. The molecule has 1 aromatic heterocycles. The molecular formula is C27H24ClFN4O3S2. The third-order valence-electron chi connectivity index (χ3n) is 5.91. The number of fused-ring (bicyclic) bond motifs is 1. The van der Waals surface area contributed by atoms with Crippen LogP contribution < -0.4 is 15.4 Å². The smallest absolute Gasteiger partial charge is 0.149 e. The molecule has 4 aromatic rings. The zero-order valence-corrected chi connectivity index (χ0v) is 22.7. The molecule has 0 aliphatic carbocycles. The SMILES string of the molecule is CS(=O)(=O)CC(N)c1csc(-c2ccc3c(c2)C=NCN3c2ccc(OCc3cccc(F)c3)c(Cl)c2)n1. The summed E-state index contributed by atoms with van der Waals surface area (Å²) < 4.78 is 42.4. The Morgan fingerprint density at radius 2 is 2.03 bits per heavy atom. The molecule has 196 valence electrons. The van der Waals surface area contributed by atoms with E-state index in [2.05, 4.69) is 9.98 Å². The maximum Gasteiger partial charge on any atom is 0.149 e. The van der Waals surface area contributed by atoms with Gasteiger partial charge in [-0.15, -0.1) is 11.3 Å². The van der Waals surface area contributed by atoms with Gasteiger partial charge in [0.15, 0.2) is 0 Å². The fraction of sp³-hybridized carbons (Fsp3) is 0.185. The molecule has 0 saturated carbocycles. The second kappa shape index (κ2) is 10.8. The van der Waals surface area contributed by atoms with Gasteiger partial charge in [0.1, 0.15) is 39.7 Å². The van der Waals surface area contributed by atoms with E-state index >= 15 is 0 Å². The van der Waals surface area contributed by atoms with Crippen molar-refractivity contribution in [1.82, 2.24) is 4.98 Å². The molecule has 0 saturated heterocycles. The van der Waals surface area contributed by atoms with E-state index in [9.17, 15) is 12.8 Å². The molecule has 2 heterocycles. The van der Waals surface area contributed by atoms with Crippen LogP contribution in [0.15, 0.2) is 71.0 Å². The Labute approximate surface area is 229 Å². The first-order valence-corrected chi connectivity index (χ1v) is 15.0. The average molecular weight is 571 g/mol. The van der Waals surface area contributed by atoms with Crippen LogP contribution in [0.5, 0.6) is 5.75 Å². The van der Waals surface area contributed by atoms with Gasteiger partial charge >= 0.3 is 0 Å². The number of benzene rings is 3. The lowest BCUT2D eigenvalue weighted by Crippen LogP contribution is -2.22. The molecular weight excluding hydrogens is 547 g/mol. The molecule has 1 aliphatic rings. The highest BCUT2D eigenvalue weighted by Crippen LogP contribution is 2.37. The Morgan fingerprint density at radius 1 is 1.18 bits per heavy atom. The summed E-state index contributed by atoms with van der Waals surface area (Å²) in [4.78, 5) is 11.1. The number of rotatable bonds is 8. The van der Waals surface area contributed by atoms with Crippen molar-refractivity contribution in [1.29, 1.82) is 0 Å². The summed E-state index contributed by atoms with van der Waals surface area (Å²) in [5.74, 6) is 0.0365. The average Bonchev–Trinajstić information content (AvgIpc) is 3.37. The number of ether oxygens (including phenoxy) is 1. The third-order valence-corrected chi connectivity index (χ3v) is 8.08. The lowest BCUT2D eigenvalue weighted by molar-refractivity contribution is 0.306. The number of nitrogens with zero attached hydrogens (tertiary/aromatic N) is 3. The number of aromatic nitrogens is 1. The molecule has 1 aliphatic heterocycles. The summed E-state index contributed by atoms with van der Waals surface area (Å²) in [6.07, 6.45) is 2.98. The van der Waals surface area contributed by atoms with E-state index in [1.165, 1.54) is 23.5 Å². The predicted octanol–water partition coefficient (Wildman–Crippen LogP) is 5.75. The minimum absolute atomic E-state index is 0.154. The molecule has 1 unspecified atom stereocenters. The molecule has 5 rings (SSSR count). The predicted molar refractivity (Wildman–Crippen MR) is 151 cm³/mol. The van der Waals surface area contributed by atoms with E-state index in [1.807, 2.05) is 41.4 Å². The first kappa shape index (κ1) is 26.3. The zero-order valence-electron chi connectivity index (χ0n) is 20.3. The standard InChI is InChI=1S/C27H24ClFN4O3S2/c1-38(34,35)15-23(30)24-14-37-27(32-24)18-5-7-25-19(10-18)12-31-16-33(25)21-6-8-26(22(28)11-21)36-13-17-3-2-4-20(29)9-17/h2-12,14,23H,13,15-16,30H2,1H3. The van der Waals surface area contributed by atoms with Crippen LogP contribution >= 0.6 is 22.9 Å². The summed E-state index contributed by atoms with van der Waals surface area (Å²) >= 11 is 7.94. The Morgan fingerprint density at radius 3 is 2.79 bits per heavy atom. The first-order valence-electron chi connectivity index (χ1n) is 11.6. The van der Waals surface area contributed by atoms with E-state index in [1.54, 1.807) is 23.6 Å². The van der Waals surface area contributed by atoms with Crippen molar-refractivity contribution in [3.8, 4) is 16.3 Å². The van der Waals surface area contributed by atoms with Gasteiger partial charge in [-0.25, -0.2) is 17.8 Å². The van der Waals surface area contributed by atoms with Crippen molar-refractivity contribution in [2.75, 3.05) is 23.6 Å². The van der Waals surface area contributed by atoms with Crippen molar-refractivity contribution < 1.29 is 17.5 Å². The summed E-state index contributed by atoms with van der Waals surface area (Å²) in [6, 6.07) is 17.0. The molecule has 1 atom stereocenters. The monoisotopic (exact) mass is 570 g/mol. The fourth-order valence-corrected chi connectivity index (χ4v) is 6.05. The lowest BCUT2D eigenvalue weighted by atomic mass is 10.1. The minimum Gasteiger partial charge on any atom is -0.487 e. The van der Waals surface area contributed by atoms with Crippen LogP contribution in [-0.4, -0.2) is 38.3 Å². The number of anilines is 2. The van der Waals surface area contributed by atoms with Gasteiger partial charge in [0.25, 0.3) is 0 Å². The zero-order chi connectivity index (χ0) is 26.9. The van der Waals surface area contributed by atoms with Crippen molar-refractivity contribution >= 4 is 50.4 Å². The second-order valence-corrected chi connectivity index (χ2v) is 12.4. The van der Waals surface area contributed by atoms with Crippen molar-refractivity contribution in [3.05, 3.63) is 93.7 Å². The number of nitrogens with two attached hydrogens (primary N) is 1. The number of sulfone groups is 1. The van der Waals surface area contributed by atoms with Crippen LogP contribution in [-0.2, 0) is 16.4 Å². The van der Waals surface area contributed by atoms with E-state index in [4.69, 9.17) is 22.1 Å². The highest BCUT2D eigenvalue weighted by Gasteiger charge is 2.20. The number of hydrogen-bond donors (Lipinski definition) is 1. The van der Waals surface area contributed by atoms with Crippen molar-refractivity contribution in [2.45, 2.75) is 12.6 Å². The summed E-state index contributed by atoms with van der Waals surface area (Å²) in [5.41, 5.74) is 10.9. The normalized spacial score (nSPS) is 13.8. The number of thiazole rings is 1. The molecule has 38 heavy (non-hydrogen) atoms. The van der Waals surface area contributed by atoms with Crippen LogP contribution in [0.1, 0.15) is 22.9 Å². The molecule has 2 N–H and O–H groups in total. The molecule has 3 aromatic carbocycles. The van der Waals surface area contributed by atoms with Gasteiger partial charge in [-0.05, 0) is 54.1 Å². The maximum atomic E-state index is 13.4. The minimum atomic E-state index is -3.21. The summed E-state index contributed by atoms with van der Waals surface area (Å²) in [7, 11) is -3.21. The molecule has 0 bridgehead atoms. The Bertz CT molecular complexity index is 1620. The van der Waals surface area contributed by atoms with E-state index in [-0.39, 0.29) is 18.2 Å². The first-order chi connectivity index (χ1) is 18.2. The van der Waals surface area contributed by atoms with Crippen LogP contribution in [0.2, 0.25) is 5.02 Å². The van der Waals surface area contributed by atoms with Crippen molar-refractivity contribution in [3.63, 3.8) is 0 Å². The van der Waals surface area contributed by atoms with Gasteiger partial charge in [0, 0.05) is 34.7 Å². The Balaban J connectivity index is 1.34.